The molecule has 2 aliphatic rings. The average Bonchev–Trinajstić information content (AvgIpc) is 3.04. The SMILES string of the molecule is CC(C)(C)OC(=O)N1CC(O)(c2ccc(Br)cc2)CC12CCCC2. The molecular formula is C19H26BrNO3. The van der Waals surface area contributed by atoms with Gasteiger partial charge in [-0.05, 0) is 51.3 Å². The van der Waals surface area contributed by atoms with Crippen LogP contribution >= 0.6 is 15.9 Å². The molecule has 1 atom stereocenters. The smallest absolute Gasteiger partial charge is 0.410 e. The number of benzene rings is 1. The minimum atomic E-state index is -1.01. The van der Waals surface area contributed by atoms with Crippen LogP contribution in [0.5, 0.6) is 0 Å². The zero-order valence-corrected chi connectivity index (χ0v) is 16.2. The van der Waals surface area contributed by atoms with Crippen molar-refractivity contribution in [1.29, 1.82) is 0 Å². The number of rotatable bonds is 1. The van der Waals surface area contributed by atoms with Crippen LogP contribution in [0.2, 0.25) is 0 Å². The summed E-state index contributed by atoms with van der Waals surface area (Å²) in [7, 11) is 0. The Balaban J connectivity index is 1.91. The van der Waals surface area contributed by atoms with E-state index >= 15 is 0 Å². The third-order valence-electron chi connectivity index (χ3n) is 5.14. The Morgan fingerprint density at radius 2 is 1.79 bits per heavy atom. The first-order chi connectivity index (χ1) is 11.1. The maximum atomic E-state index is 12.8. The fourth-order valence-electron chi connectivity index (χ4n) is 4.13. The molecule has 0 radical (unpaired) electrons. The maximum absolute atomic E-state index is 12.8. The Bertz CT molecular complexity index is 616. The van der Waals surface area contributed by atoms with Gasteiger partial charge < -0.3 is 9.84 Å². The summed E-state index contributed by atoms with van der Waals surface area (Å²) in [4.78, 5) is 14.6. The summed E-state index contributed by atoms with van der Waals surface area (Å²) in [6.45, 7) is 5.93. The van der Waals surface area contributed by atoms with Gasteiger partial charge in [0, 0.05) is 16.4 Å². The van der Waals surface area contributed by atoms with Crippen LogP contribution in [0, 0.1) is 0 Å². The maximum Gasteiger partial charge on any atom is 0.410 e. The molecule has 1 heterocycles. The highest BCUT2D eigenvalue weighted by molar-refractivity contribution is 9.10. The van der Waals surface area contributed by atoms with Gasteiger partial charge in [-0.15, -0.1) is 0 Å². The monoisotopic (exact) mass is 395 g/mol. The Morgan fingerprint density at radius 1 is 1.21 bits per heavy atom. The van der Waals surface area contributed by atoms with Gasteiger partial charge in [0.1, 0.15) is 11.2 Å². The first kappa shape index (κ1) is 17.7. The molecule has 0 bridgehead atoms. The standard InChI is InChI=1S/C19H26BrNO3/c1-17(2,3)24-16(22)21-13-19(23,12-18(21)10-4-5-11-18)14-6-8-15(20)9-7-14/h6-9,23H,4-5,10-13H2,1-3H3. The van der Waals surface area contributed by atoms with Gasteiger partial charge in [-0.25, -0.2) is 4.79 Å². The van der Waals surface area contributed by atoms with Gasteiger partial charge in [-0.3, -0.25) is 4.90 Å². The summed E-state index contributed by atoms with van der Waals surface area (Å²) in [6, 6.07) is 7.74. The Hall–Kier alpha value is -1.07. The highest BCUT2D eigenvalue weighted by Gasteiger charge is 2.56. The lowest BCUT2D eigenvalue weighted by atomic mass is 9.84. The second-order valence-electron chi connectivity index (χ2n) is 8.21. The third-order valence-corrected chi connectivity index (χ3v) is 5.67. The molecular weight excluding hydrogens is 370 g/mol. The minimum Gasteiger partial charge on any atom is -0.444 e. The van der Waals surface area contributed by atoms with Crippen molar-refractivity contribution in [2.45, 2.75) is 69.6 Å². The second-order valence-corrected chi connectivity index (χ2v) is 9.13. The molecule has 1 aromatic carbocycles. The molecule has 24 heavy (non-hydrogen) atoms. The summed E-state index contributed by atoms with van der Waals surface area (Å²) in [6.07, 6.45) is 4.33. The molecule has 1 saturated heterocycles. The van der Waals surface area contributed by atoms with Gasteiger partial charge in [0.05, 0.1) is 6.54 Å². The lowest BCUT2D eigenvalue weighted by Gasteiger charge is -2.35. The van der Waals surface area contributed by atoms with Crippen LogP contribution in [0.1, 0.15) is 58.4 Å². The average molecular weight is 396 g/mol. The Morgan fingerprint density at radius 3 is 2.33 bits per heavy atom. The van der Waals surface area contributed by atoms with E-state index < -0.39 is 11.2 Å². The molecule has 1 amide bonds. The molecule has 3 rings (SSSR count). The highest BCUT2D eigenvalue weighted by Crippen LogP contribution is 2.50. The number of hydrogen-bond acceptors (Lipinski definition) is 3. The number of ether oxygens (including phenoxy) is 1. The van der Waals surface area contributed by atoms with Gasteiger partial charge in [-0.2, -0.15) is 0 Å². The van der Waals surface area contributed by atoms with Gasteiger partial charge in [0.25, 0.3) is 0 Å². The van der Waals surface area contributed by atoms with Crippen LogP contribution in [0.3, 0.4) is 0 Å². The molecule has 4 nitrogen and oxygen atoms in total. The first-order valence-electron chi connectivity index (χ1n) is 8.63. The van der Waals surface area contributed by atoms with E-state index in [1.165, 1.54) is 0 Å². The second kappa shape index (κ2) is 6.03. The van der Waals surface area contributed by atoms with E-state index in [1.807, 2.05) is 45.0 Å². The highest BCUT2D eigenvalue weighted by atomic mass is 79.9. The number of likely N-dealkylation sites (tertiary alicyclic amines) is 1. The van der Waals surface area contributed by atoms with Crippen molar-refractivity contribution in [2.75, 3.05) is 6.54 Å². The van der Waals surface area contributed by atoms with E-state index in [0.717, 1.165) is 35.7 Å². The summed E-state index contributed by atoms with van der Waals surface area (Å²) in [5.74, 6) is 0. The predicted molar refractivity (Wildman–Crippen MR) is 96.8 cm³/mol. The Labute approximate surface area is 152 Å². The van der Waals surface area contributed by atoms with E-state index in [1.54, 1.807) is 4.90 Å². The quantitative estimate of drug-likeness (QED) is 0.756. The largest absolute Gasteiger partial charge is 0.444 e. The molecule has 5 heteroatoms. The number of amides is 1. The molecule has 1 aromatic rings. The molecule has 1 spiro atoms. The summed E-state index contributed by atoms with van der Waals surface area (Å²) < 4.78 is 6.60. The van der Waals surface area contributed by atoms with Gasteiger partial charge in [0.15, 0.2) is 0 Å². The normalized spacial score (nSPS) is 26.1. The van der Waals surface area contributed by atoms with E-state index in [-0.39, 0.29) is 11.6 Å². The van der Waals surface area contributed by atoms with Crippen LogP contribution < -0.4 is 0 Å². The molecule has 132 valence electrons. The van der Waals surface area contributed by atoms with Crippen molar-refractivity contribution in [3.63, 3.8) is 0 Å². The minimum absolute atomic E-state index is 0.274. The number of halogens is 1. The lowest BCUT2D eigenvalue weighted by Crippen LogP contribution is -2.47. The molecule has 1 aliphatic heterocycles. The molecule has 0 aromatic heterocycles. The van der Waals surface area contributed by atoms with Gasteiger partial charge in [0.2, 0.25) is 0 Å². The number of carbonyl (C=O) groups is 1. The molecule has 1 unspecified atom stereocenters. The lowest BCUT2D eigenvalue weighted by molar-refractivity contribution is 0.00401. The van der Waals surface area contributed by atoms with E-state index in [9.17, 15) is 9.90 Å². The van der Waals surface area contributed by atoms with Crippen LogP contribution in [0.25, 0.3) is 0 Å². The number of nitrogens with zero attached hydrogens (tertiary/aromatic N) is 1. The van der Waals surface area contributed by atoms with Crippen LogP contribution in [0.15, 0.2) is 28.7 Å². The van der Waals surface area contributed by atoms with Gasteiger partial charge in [-0.1, -0.05) is 40.9 Å². The first-order valence-corrected chi connectivity index (χ1v) is 9.42. The topological polar surface area (TPSA) is 49.8 Å². The van der Waals surface area contributed by atoms with Crippen molar-refractivity contribution in [1.82, 2.24) is 4.90 Å². The molecule has 1 saturated carbocycles. The van der Waals surface area contributed by atoms with Gasteiger partial charge >= 0.3 is 6.09 Å². The van der Waals surface area contributed by atoms with Crippen LogP contribution in [0.4, 0.5) is 4.79 Å². The number of aliphatic hydroxyl groups is 1. The van der Waals surface area contributed by atoms with Crippen molar-refractivity contribution in [2.24, 2.45) is 0 Å². The zero-order valence-electron chi connectivity index (χ0n) is 14.6. The van der Waals surface area contributed by atoms with Crippen LogP contribution in [-0.4, -0.2) is 33.8 Å². The fraction of sp³-hybridized carbons (Fsp3) is 0.632. The number of hydrogen-bond donors (Lipinski definition) is 1. The van der Waals surface area contributed by atoms with E-state index in [4.69, 9.17) is 4.74 Å². The molecule has 1 N–H and O–H groups in total. The van der Waals surface area contributed by atoms with Crippen LogP contribution in [-0.2, 0) is 10.3 Å². The zero-order chi connectivity index (χ0) is 17.6. The van der Waals surface area contributed by atoms with E-state index in [0.29, 0.717) is 13.0 Å². The molecule has 2 fully saturated rings. The van der Waals surface area contributed by atoms with Crippen molar-refractivity contribution in [3.05, 3.63) is 34.3 Å². The third kappa shape index (κ3) is 3.33. The van der Waals surface area contributed by atoms with E-state index in [2.05, 4.69) is 15.9 Å². The Kier molecular flexibility index (Phi) is 4.45. The predicted octanol–water partition coefficient (Wildman–Crippen LogP) is 4.59. The summed E-state index contributed by atoms with van der Waals surface area (Å²) >= 11 is 3.43. The fourth-order valence-corrected chi connectivity index (χ4v) is 4.40. The van der Waals surface area contributed by atoms with Crippen molar-refractivity contribution >= 4 is 22.0 Å². The number of carbonyl (C=O) groups excluding carboxylic acids is 1. The summed E-state index contributed by atoms with van der Waals surface area (Å²) in [5.41, 5.74) is -0.954. The van der Waals surface area contributed by atoms with Crippen molar-refractivity contribution < 1.29 is 14.6 Å². The summed E-state index contributed by atoms with van der Waals surface area (Å²) in [5, 5.41) is 11.3. The van der Waals surface area contributed by atoms with Crippen molar-refractivity contribution in [3.8, 4) is 0 Å². The molecule has 1 aliphatic carbocycles. The number of β-amino-alcohol motifs (C(OH)–C–C–N with tert-alkyl or cyclic N) is 1.